The standard InChI is InChI=1S/C15H19N5/c1-3-16-14(10-12-7-9-19(2)18-12)13-11-17-20-8-5-4-6-15(13)20/h4-9,11,14,16H,3,10H2,1-2H3. The summed E-state index contributed by atoms with van der Waals surface area (Å²) < 4.78 is 3.76. The zero-order chi connectivity index (χ0) is 13.9. The first-order valence-corrected chi connectivity index (χ1v) is 6.92. The minimum atomic E-state index is 0.231. The van der Waals surface area contributed by atoms with E-state index in [1.54, 1.807) is 0 Å². The summed E-state index contributed by atoms with van der Waals surface area (Å²) in [7, 11) is 1.95. The van der Waals surface area contributed by atoms with Gasteiger partial charge >= 0.3 is 0 Å². The van der Waals surface area contributed by atoms with Crippen LogP contribution in [-0.4, -0.2) is 25.9 Å². The van der Waals surface area contributed by atoms with E-state index in [9.17, 15) is 0 Å². The van der Waals surface area contributed by atoms with Crippen molar-refractivity contribution < 1.29 is 0 Å². The van der Waals surface area contributed by atoms with Gasteiger partial charge in [0.15, 0.2) is 0 Å². The lowest BCUT2D eigenvalue weighted by Crippen LogP contribution is -2.23. The van der Waals surface area contributed by atoms with Gasteiger partial charge in [0.25, 0.3) is 0 Å². The van der Waals surface area contributed by atoms with E-state index >= 15 is 0 Å². The molecule has 3 rings (SSSR count). The van der Waals surface area contributed by atoms with Crippen LogP contribution in [0.3, 0.4) is 0 Å². The van der Waals surface area contributed by atoms with E-state index < -0.39 is 0 Å². The molecule has 3 aromatic heterocycles. The fraction of sp³-hybridized carbons (Fsp3) is 0.333. The predicted octanol–water partition coefficient (Wildman–Crippen LogP) is 1.96. The molecule has 3 aromatic rings. The number of fused-ring (bicyclic) bond motifs is 1. The van der Waals surface area contributed by atoms with E-state index in [-0.39, 0.29) is 6.04 Å². The van der Waals surface area contributed by atoms with E-state index in [0.29, 0.717) is 0 Å². The molecule has 3 heterocycles. The van der Waals surface area contributed by atoms with Crippen LogP contribution < -0.4 is 5.32 Å². The van der Waals surface area contributed by atoms with Crippen LogP contribution in [0.5, 0.6) is 0 Å². The second-order valence-electron chi connectivity index (χ2n) is 4.93. The molecule has 0 amide bonds. The Hall–Kier alpha value is -2.14. The Balaban J connectivity index is 1.93. The van der Waals surface area contributed by atoms with E-state index in [4.69, 9.17) is 0 Å². The molecule has 0 aliphatic carbocycles. The molecule has 0 aliphatic heterocycles. The second kappa shape index (κ2) is 5.46. The van der Waals surface area contributed by atoms with Crippen LogP contribution in [0.4, 0.5) is 0 Å². The highest BCUT2D eigenvalue weighted by atomic mass is 15.2. The van der Waals surface area contributed by atoms with Crippen LogP contribution >= 0.6 is 0 Å². The van der Waals surface area contributed by atoms with Crippen molar-refractivity contribution in [2.24, 2.45) is 7.05 Å². The molecule has 0 aromatic carbocycles. The molecule has 1 atom stereocenters. The van der Waals surface area contributed by atoms with E-state index in [1.807, 2.05) is 47.0 Å². The van der Waals surface area contributed by atoms with Gasteiger partial charge in [-0.2, -0.15) is 10.2 Å². The molecule has 104 valence electrons. The van der Waals surface area contributed by atoms with Gasteiger partial charge in [0.2, 0.25) is 0 Å². The highest BCUT2D eigenvalue weighted by molar-refractivity contribution is 5.55. The molecule has 0 radical (unpaired) electrons. The van der Waals surface area contributed by atoms with Gasteiger partial charge in [-0.3, -0.25) is 4.68 Å². The second-order valence-corrected chi connectivity index (χ2v) is 4.93. The lowest BCUT2D eigenvalue weighted by atomic mass is 10.0. The number of nitrogens with one attached hydrogen (secondary N) is 1. The van der Waals surface area contributed by atoms with Crippen molar-refractivity contribution in [1.82, 2.24) is 24.7 Å². The van der Waals surface area contributed by atoms with E-state index in [1.165, 1.54) is 5.56 Å². The lowest BCUT2D eigenvalue weighted by Gasteiger charge is -2.15. The maximum Gasteiger partial charge on any atom is 0.0709 e. The summed E-state index contributed by atoms with van der Waals surface area (Å²) in [5, 5.41) is 12.4. The first-order valence-electron chi connectivity index (χ1n) is 6.92. The van der Waals surface area contributed by atoms with Crippen LogP contribution in [0.1, 0.15) is 24.2 Å². The van der Waals surface area contributed by atoms with Gasteiger partial charge in [-0.05, 0) is 24.7 Å². The molecular formula is C15H19N5. The molecule has 5 heteroatoms. The summed E-state index contributed by atoms with van der Waals surface area (Å²) in [5.74, 6) is 0. The molecule has 0 bridgehead atoms. The number of rotatable bonds is 5. The molecule has 0 aliphatic rings. The highest BCUT2D eigenvalue weighted by Crippen LogP contribution is 2.22. The maximum atomic E-state index is 4.47. The van der Waals surface area contributed by atoms with Crippen LogP contribution in [-0.2, 0) is 13.5 Å². The van der Waals surface area contributed by atoms with Crippen molar-refractivity contribution in [3.63, 3.8) is 0 Å². The van der Waals surface area contributed by atoms with Gasteiger partial charge in [-0.1, -0.05) is 13.0 Å². The first kappa shape index (κ1) is 12.9. The fourth-order valence-corrected chi connectivity index (χ4v) is 2.54. The average molecular weight is 269 g/mol. The zero-order valence-electron chi connectivity index (χ0n) is 11.8. The minimum Gasteiger partial charge on any atom is -0.310 e. The van der Waals surface area contributed by atoms with Crippen molar-refractivity contribution in [1.29, 1.82) is 0 Å². The van der Waals surface area contributed by atoms with Gasteiger partial charge in [-0.15, -0.1) is 0 Å². The van der Waals surface area contributed by atoms with Crippen molar-refractivity contribution in [2.45, 2.75) is 19.4 Å². The van der Waals surface area contributed by atoms with Crippen molar-refractivity contribution in [2.75, 3.05) is 6.54 Å². The molecule has 5 nitrogen and oxygen atoms in total. The Labute approximate surface area is 118 Å². The monoisotopic (exact) mass is 269 g/mol. The van der Waals surface area contributed by atoms with Crippen molar-refractivity contribution in [3.05, 3.63) is 54.1 Å². The van der Waals surface area contributed by atoms with Crippen molar-refractivity contribution in [3.8, 4) is 0 Å². The van der Waals surface area contributed by atoms with Crippen LogP contribution in [0.25, 0.3) is 5.52 Å². The molecule has 0 saturated carbocycles. The Morgan fingerprint density at radius 3 is 2.90 bits per heavy atom. The molecule has 1 N–H and O–H groups in total. The first-order chi connectivity index (χ1) is 9.78. The third-order valence-corrected chi connectivity index (χ3v) is 3.46. The fourth-order valence-electron chi connectivity index (χ4n) is 2.54. The molecule has 20 heavy (non-hydrogen) atoms. The normalized spacial score (nSPS) is 12.9. The number of pyridine rings is 1. The number of hydrogen-bond acceptors (Lipinski definition) is 3. The number of likely N-dealkylation sites (N-methyl/N-ethyl adjacent to an activating group) is 1. The summed E-state index contributed by atoms with van der Waals surface area (Å²) in [5.41, 5.74) is 3.46. The van der Waals surface area contributed by atoms with Crippen molar-refractivity contribution >= 4 is 5.52 Å². The van der Waals surface area contributed by atoms with Gasteiger partial charge in [0.1, 0.15) is 0 Å². The number of hydrogen-bond donors (Lipinski definition) is 1. The summed E-state index contributed by atoms with van der Waals surface area (Å²) >= 11 is 0. The maximum absolute atomic E-state index is 4.47. The zero-order valence-corrected chi connectivity index (χ0v) is 11.8. The van der Waals surface area contributed by atoms with Crippen LogP contribution in [0, 0.1) is 0 Å². The molecule has 1 unspecified atom stereocenters. The Morgan fingerprint density at radius 1 is 1.25 bits per heavy atom. The summed E-state index contributed by atoms with van der Waals surface area (Å²) in [6.45, 7) is 3.04. The van der Waals surface area contributed by atoms with Gasteiger partial charge in [0, 0.05) is 37.5 Å². The SMILES string of the molecule is CCNC(Cc1ccn(C)n1)c1cnn2ccccc12. The summed E-state index contributed by atoms with van der Waals surface area (Å²) in [6, 6.07) is 8.44. The molecule has 0 spiro atoms. The van der Waals surface area contributed by atoms with E-state index in [0.717, 1.165) is 24.2 Å². The average Bonchev–Trinajstić information content (AvgIpc) is 3.04. The number of aryl methyl sites for hydroxylation is 1. The molecular weight excluding hydrogens is 250 g/mol. The topological polar surface area (TPSA) is 47.2 Å². The third-order valence-electron chi connectivity index (χ3n) is 3.46. The number of nitrogens with zero attached hydrogens (tertiary/aromatic N) is 4. The van der Waals surface area contributed by atoms with E-state index in [2.05, 4.69) is 34.6 Å². The molecule has 0 fully saturated rings. The highest BCUT2D eigenvalue weighted by Gasteiger charge is 2.17. The van der Waals surface area contributed by atoms with Crippen LogP contribution in [0.2, 0.25) is 0 Å². The Bertz CT molecular complexity index is 697. The van der Waals surface area contributed by atoms with Gasteiger partial charge in [0.05, 0.1) is 17.4 Å². The lowest BCUT2D eigenvalue weighted by molar-refractivity contribution is 0.543. The minimum absolute atomic E-state index is 0.231. The van der Waals surface area contributed by atoms with Gasteiger partial charge in [-0.25, -0.2) is 4.52 Å². The smallest absolute Gasteiger partial charge is 0.0709 e. The summed E-state index contributed by atoms with van der Waals surface area (Å²) in [6.07, 6.45) is 6.77. The number of aromatic nitrogens is 4. The largest absolute Gasteiger partial charge is 0.310 e. The third kappa shape index (κ3) is 2.44. The van der Waals surface area contributed by atoms with Crippen LogP contribution in [0.15, 0.2) is 42.9 Å². The molecule has 0 saturated heterocycles. The van der Waals surface area contributed by atoms with Gasteiger partial charge < -0.3 is 5.32 Å². The quantitative estimate of drug-likeness (QED) is 0.770. The Kier molecular flexibility index (Phi) is 3.52. The predicted molar refractivity (Wildman–Crippen MR) is 78.5 cm³/mol. The summed E-state index contributed by atoms with van der Waals surface area (Å²) in [4.78, 5) is 0. The Morgan fingerprint density at radius 2 is 2.15 bits per heavy atom.